The molecule has 0 aliphatic carbocycles. The predicted molar refractivity (Wildman–Crippen MR) is 232 cm³/mol. The molecule has 0 atom stereocenters. The van der Waals surface area contributed by atoms with E-state index in [1.54, 1.807) is 30.3 Å². The maximum Gasteiger partial charge on any atom is 2.00 e. The summed E-state index contributed by atoms with van der Waals surface area (Å²) in [5.74, 6) is 2.26. The fourth-order valence-corrected chi connectivity index (χ4v) is 7.52. The van der Waals surface area contributed by atoms with Gasteiger partial charge in [0.25, 0.3) is 10.1 Å². The monoisotopic (exact) mass is 878 g/mol. The Balaban J connectivity index is 0.000000400. The zero-order chi connectivity index (χ0) is 42.2. The van der Waals surface area contributed by atoms with Gasteiger partial charge in [0.1, 0.15) is 38.9 Å². The summed E-state index contributed by atoms with van der Waals surface area (Å²) in [4.78, 5) is -0.472. The van der Waals surface area contributed by atoms with Crippen LogP contribution in [0.2, 0.25) is 0 Å². The largest absolute Gasteiger partial charge is 2.00 e. The van der Waals surface area contributed by atoms with Crippen LogP contribution in [-0.4, -0.2) is 68.8 Å². The minimum Gasteiger partial charge on any atom is -0.872 e. The van der Waals surface area contributed by atoms with Crippen LogP contribution in [0.5, 0.6) is 34.5 Å². The third kappa shape index (κ3) is 21.5. The van der Waals surface area contributed by atoms with E-state index >= 15 is 0 Å². The molecule has 0 saturated heterocycles. The molecule has 0 amide bonds. The van der Waals surface area contributed by atoms with Crippen LogP contribution < -0.4 is 14.6 Å². The molecule has 4 aromatic carbocycles. The van der Waals surface area contributed by atoms with Crippen molar-refractivity contribution in [1.82, 2.24) is 0 Å². The van der Waals surface area contributed by atoms with E-state index in [4.69, 9.17) is 14.0 Å². The number of benzene rings is 4. The molecule has 0 aliphatic rings. The molecule has 0 aromatic heterocycles. The Labute approximate surface area is 383 Å². The summed E-state index contributed by atoms with van der Waals surface area (Å²) in [5, 5.41) is 21.6. The van der Waals surface area contributed by atoms with Gasteiger partial charge >= 0.3 is 37.7 Å². The van der Waals surface area contributed by atoms with E-state index in [-0.39, 0.29) is 59.0 Å². The molecule has 2 N–H and O–H groups in total. The second kappa shape index (κ2) is 28.6. The summed E-state index contributed by atoms with van der Waals surface area (Å²) in [6.45, 7) is 4.45. The second-order valence-electron chi connectivity index (χ2n) is 14.8. The van der Waals surface area contributed by atoms with Gasteiger partial charge in [-0.25, -0.2) is 8.42 Å². The molecular formula is C46H62CaO10S2. The van der Waals surface area contributed by atoms with E-state index in [0.29, 0.717) is 23.0 Å². The summed E-state index contributed by atoms with van der Waals surface area (Å²) in [5.41, 5.74) is 1.77. The minimum atomic E-state index is -4.48. The minimum absolute atomic E-state index is 0. The zero-order valence-corrected chi connectivity index (χ0v) is 38.8. The number of phenols is 1. The van der Waals surface area contributed by atoms with Gasteiger partial charge in [0, 0.05) is 0 Å². The predicted octanol–water partition coefficient (Wildman–Crippen LogP) is 11.7. The Bertz CT molecular complexity index is 1840. The van der Waals surface area contributed by atoms with Gasteiger partial charge in [0.2, 0.25) is 0 Å². The van der Waals surface area contributed by atoms with E-state index in [1.807, 2.05) is 0 Å². The van der Waals surface area contributed by atoms with E-state index in [1.165, 1.54) is 144 Å². The summed E-state index contributed by atoms with van der Waals surface area (Å²) >= 11 is 0. The molecule has 0 radical (unpaired) electrons. The van der Waals surface area contributed by atoms with Gasteiger partial charge in [-0.3, -0.25) is 4.55 Å². The normalized spacial score (nSPS) is 11.3. The van der Waals surface area contributed by atoms with E-state index < -0.39 is 20.2 Å². The van der Waals surface area contributed by atoms with Gasteiger partial charge in [-0.2, -0.15) is 8.42 Å². The molecule has 0 spiro atoms. The Morgan fingerprint density at radius 2 is 0.881 bits per heavy atom. The Morgan fingerprint density at radius 1 is 0.508 bits per heavy atom. The summed E-state index contributed by atoms with van der Waals surface area (Å²) in [6.07, 6.45) is 23.9. The van der Waals surface area contributed by atoms with Crippen molar-refractivity contribution in [3.05, 3.63) is 96.1 Å². The quantitative estimate of drug-likeness (QED) is 0.0351. The number of unbranched alkanes of at least 4 members (excludes halogenated alkanes) is 16. The van der Waals surface area contributed by atoms with Gasteiger partial charge in [-0.15, -0.1) is 5.75 Å². The second-order valence-corrected chi connectivity index (χ2v) is 17.6. The van der Waals surface area contributed by atoms with E-state index in [9.17, 15) is 31.6 Å². The Hall–Kier alpha value is -2.84. The Morgan fingerprint density at radius 3 is 1.29 bits per heavy atom. The van der Waals surface area contributed by atoms with Crippen molar-refractivity contribution in [3.8, 4) is 34.5 Å². The topological polar surface area (TPSA) is 173 Å². The molecule has 4 aromatic rings. The SMILES string of the molecule is CCCCCCCCCCCc1cc(O)ccc1Oc1ccc(S(=O)(=O)O)cc1.CCCCCCCCCCCc1cc([O-])ccc1Oc1ccc(S(=O)(=O)[O-])cc1.[Ca+2]. The number of hydrogen-bond donors (Lipinski definition) is 2. The zero-order valence-electron chi connectivity index (χ0n) is 34.9. The molecule has 4 rings (SSSR count). The smallest absolute Gasteiger partial charge is 0.872 e. The summed E-state index contributed by atoms with van der Waals surface area (Å²) in [6, 6.07) is 20.6. The third-order valence-corrected chi connectivity index (χ3v) is 11.6. The maximum absolute atomic E-state index is 11.8. The van der Waals surface area contributed by atoms with Crippen LogP contribution in [0.25, 0.3) is 0 Å². The van der Waals surface area contributed by atoms with Crippen molar-refractivity contribution in [2.75, 3.05) is 0 Å². The van der Waals surface area contributed by atoms with Gasteiger partial charge in [0.15, 0.2) is 0 Å². The number of rotatable bonds is 26. The van der Waals surface area contributed by atoms with Crippen LogP contribution in [0.4, 0.5) is 0 Å². The van der Waals surface area contributed by atoms with Crippen molar-refractivity contribution in [2.45, 2.75) is 152 Å². The van der Waals surface area contributed by atoms with Crippen LogP contribution in [0.3, 0.4) is 0 Å². The van der Waals surface area contributed by atoms with E-state index in [2.05, 4.69) is 13.8 Å². The first-order valence-corrected chi connectivity index (χ1v) is 23.8. The van der Waals surface area contributed by atoms with Crippen LogP contribution in [0, 0.1) is 0 Å². The number of aryl methyl sites for hydroxylation is 2. The molecule has 59 heavy (non-hydrogen) atoms. The van der Waals surface area contributed by atoms with Crippen molar-refractivity contribution in [1.29, 1.82) is 0 Å². The summed E-state index contributed by atoms with van der Waals surface area (Å²) in [7, 11) is -8.70. The molecule has 0 heterocycles. The fraction of sp³-hybridized carbons (Fsp3) is 0.478. The van der Waals surface area contributed by atoms with Gasteiger partial charge in [-0.1, -0.05) is 129 Å². The van der Waals surface area contributed by atoms with Crippen molar-refractivity contribution >= 4 is 58.0 Å². The van der Waals surface area contributed by atoms with Crippen LogP contribution in [0.1, 0.15) is 141 Å². The van der Waals surface area contributed by atoms with Crippen molar-refractivity contribution in [3.63, 3.8) is 0 Å². The van der Waals surface area contributed by atoms with Crippen molar-refractivity contribution < 1.29 is 45.6 Å². The number of ether oxygens (including phenoxy) is 2. The summed E-state index contributed by atoms with van der Waals surface area (Å²) < 4.78 is 76.1. The molecule has 0 unspecified atom stereocenters. The van der Waals surface area contributed by atoms with Crippen molar-refractivity contribution in [2.24, 2.45) is 0 Å². The third-order valence-electron chi connectivity index (χ3n) is 9.86. The first-order chi connectivity index (χ1) is 27.8. The first kappa shape index (κ1) is 52.3. The van der Waals surface area contributed by atoms with Gasteiger partial charge in [-0.05, 0) is 110 Å². The standard InChI is InChI=1S/2C23H32O5S.Ca/c2*1-2-3-4-5-6-7-8-9-10-11-19-18-20(24)12-17-23(19)28-21-13-15-22(16-14-21)29(25,26)27;/h2*12-18,24H,2-11H2,1H3,(H,25,26,27);/q;;+2/p-2. The molecule has 13 heteroatoms. The Kier molecular flexibility index (Phi) is 25.4. The maximum atomic E-state index is 11.8. The van der Waals surface area contributed by atoms with Crippen LogP contribution >= 0.6 is 0 Å². The molecule has 10 nitrogen and oxygen atoms in total. The van der Waals surface area contributed by atoms with E-state index in [0.717, 1.165) is 49.7 Å². The molecule has 0 aliphatic heterocycles. The average Bonchev–Trinajstić information content (AvgIpc) is 3.18. The fourth-order valence-electron chi connectivity index (χ4n) is 6.57. The molecular weight excluding hydrogens is 817 g/mol. The van der Waals surface area contributed by atoms with Gasteiger partial charge < -0.3 is 24.2 Å². The molecule has 0 bridgehead atoms. The van der Waals surface area contributed by atoms with Crippen LogP contribution in [0.15, 0.2) is 94.7 Å². The van der Waals surface area contributed by atoms with Gasteiger partial charge in [0.05, 0.1) is 9.79 Å². The molecule has 320 valence electrons. The van der Waals surface area contributed by atoms with Crippen LogP contribution in [-0.2, 0) is 33.1 Å². The number of phenolic OH excluding ortho intramolecular Hbond substituents is 1. The number of aromatic hydroxyl groups is 1. The first-order valence-electron chi connectivity index (χ1n) is 20.9. The average molecular weight is 879 g/mol. The molecule has 0 fully saturated rings. The number of hydrogen-bond acceptors (Lipinski definition) is 9. The molecule has 0 saturated carbocycles.